The predicted octanol–water partition coefficient (Wildman–Crippen LogP) is 1.39. The molecule has 1 amide bonds. The van der Waals surface area contributed by atoms with Gasteiger partial charge in [0.1, 0.15) is 12.4 Å². The molecule has 0 bridgehead atoms. The molecule has 1 fully saturated rings. The molecule has 1 N–H and O–H groups in total. The molecular weight excluding hydrogens is 318 g/mol. The third-order valence-electron chi connectivity index (χ3n) is 4.57. The van der Waals surface area contributed by atoms with Gasteiger partial charge in [-0.3, -0.25) is 9.59 Å². The molecule has 1 aliphatic rings. The van der Waals surface area contributed by atoms with Gasteiger partial charge in [-0.15, -0.1) is 0 Å². The van der Waals surface area contributed by atoms with Crippen molar-refractivity contribution in [2.45, 2.75) is 32.2 Å². The summed E-state index contributed by atoms with van der Waals surface area (Å²) in [5, 5.41) is 7.19. The van der Waals surface area contributed by atoms with Gasteiger partial charge in [-0.25, -0.2) is 9.67 Å². The highest BCUT2D eigenvalue weighted by atomic mass is 16.2. The summed E-state index contributed by atoms with van der Waals surface area (Å²) in [7, 11) is 1.84. The Morgan fingerprint density at radius 3 is 3.00 bits per heavy atom. The molecule has 0 radical (unpaired) electrons. The monoisotopic (exact) mass is 341 g/mol. The van der Waals surface area contributed by atoms with E-state index >= 15 is 0 Å². The maximum atomic E-state index is 12.6. The quantitative estimate of drug-likeness (QED) is 0.909. The molecule has 0 aromatic carbocycles. The van der Waals surface area contributed by atoms with Crippen LogP contribution in [0.15, 0.2) is 35.3 Å². The number of hydrogen-bond donors (Lipinski definition) is 1. The number of aryl methyl sites for hydroxylation is 1. The lowest BCUT2D eigenvalue weighted by atomic mass is 9.91. The smallest absolute Gasteiger partial charge is 0.267 e. The number of pyridine rings is 1. The van der Waals surface area contributed by atoms with Gasteiger partial charge in [-0.1, -0.05) is 0 Å². The first-order valence-electron chi connectivity index (χ1n) is 8.53. The van der Waals surface area contributed by atoms with Gasteiger partial charge in [0.05, 0.1) is 5.69 Å². The molecular formula is C18H23N5O2. The van der Waals surface area contributed by atoms with Gasteiger partial charge in [0, 0.05) is 38.3 Å². The number of rotatable bonds is 4. The molecule has 3 rings (SSSR count). The fourth-order valence-corrected chi connectivity index (χ4v) is 3.21. The first kappa shape index (κ1) is 17.1. The highest BCUT2D eigenvalue weighted by Crippen LogP contribution is 2.27. The summed E-state index contributed by atoms with van der Waals surface area (Å²) in [6.45, 7) is 3.18. The molecule has 2 aromatic rings. The second-order valence-electron chi connectivity index (χ2n) is 6.37. The van der Waals surface area contributed by atoms with E-state index in [1.807, 2.05) is 24.1 Å². The fourth-order valence-electron chi connectivity index (χ4n) is 3.21. The van der Waals surface area contributed by atoms with Crippen LogP contribution in [-0.2, 0) is 11.3 Å². The number of anilines is 1. The Labute approximate surface area is 146 Å². The number of piperidine rings is 1. The van der Waals surface area contributed by atoms with Crippen molar-refractivity contribution >= 4 is 11.7 Å². The molecule has 1 aliphatic heterocycles. The Balaban J connectivity index is 1.71. The van der Waals surface area contributed by atoms with Crippen LogP contribution in [0, 0.1) is 6.92 Å². The van der Waals surface area contributed by atoms with E-state index in [0.29, 0.717) is 6.54 Å². The third kappa shape index (κ3) is 4.04. The number of likely N-dealkylation sites (tertiary alicyclic amines) is 1. The molecule has 25 heavy (non-hydrogen) atoms. The molecule has 1 saturated heterocycles. The van der Waals surface area contributed by atoms with Crippen molar-refractivity contribution in [3.63, 3.8) is 0 Å². The Kier molecular flexibility index (Phi) is 5.11. The van der Waals surface area contributed by atoms with Gasteiger partial charge in [-0.05, 0) is 43.5 Å². The summed E-state index contributed by atoms with van der Waals surface area (Å²) in [5.74, 6) is 1.05. The van der Waals surface area contributed by atoms with Crippen molar-refractivity contribution in [2.24, 2.45) is 0 Å². The highest BCUT2D eigenvalue weighted by Gasteiger charge is 2.25. The summed E-state index contributed by atoms with van der Waals surface area (Å²) in [6.07, 6.45) is 3.78. The average molecular weight is 341 g/mol. The average Bonchev–Trinajstić information content (AvgIpc) is 2.65. The summed E-state index contributed by atoms with van der Waals surface area (Å²) in [6, 6.07) is 7.14. The molecule has 0 aliphatic carbocycles. The van der Waals surface area contributed by atoms with Crippen molar-refractivity contribution in [1.82, 2.24) is 19.7 Å². The van der Waals surface area contributed by atoms with Crippen molar-refractivity contribution in [3.05, 3.63) is 52.1 Å². The van der Waals surface area contributed by atoms with Crippen molar-refractivity contribution in [2.75, 3.05) is 25.5 Å². The van der Waals surface area contributed by atoms with E-state index in [2.05, 4.69) is 15.4 Å². The zero-order valence-corrected chi connectivity index (χ0v) is 14.6. The van der Waals surface area contributed by atoms with Crippen LogP contribution in [0.4, 0.5) is 5.82 Å². The maximum Gasteiger partial charge on any atom is 0.267 e. The minimum atomic E-state index is -0.250. The minimum Gasteiger partial charge on any atom is -0.373 e. The lowest BCUT2D eigenvalue weighted by molar-refractivity contribution is -0.133. The number of hydrogen-bond acceptors (Lipinski definition) is 5. The van der Waals surface area contributed by atoms with Gasteiger partial charge in [0.15, 0.2) is 0 Å². The largest absolute Gasteiger partial charge is 0.373 e. The Morgan fingerprint density at radius 1 is 1.36 bits per heavy atom. The summed E-state index contributed by atoms with van der Waals surface area (Å²) in [5.41, 5.74) is 1.66. The molecule has 2 aromatic heterocycles. The summed E-state index contributed by atoms with van der Waals surface area (Å²) < 4.78 is 1.24. The summed E-state index contributed by atoms with van der Waals surface area (Å²) in [4.78, 5) is 30.6. The number of amides is 1. The first-order chi connectivity index (χ1) is 12.1. The van der Waals surface area contributed by atoms with Gasteiger partial charge < -0.3 is 10.2 Å². The van der Waals surface area contributed by atoms with Gasteiger partial charge in [-0.2, -0.15) is 5.10 Å². The van der Waals surface area contributed by atoms with E-state index in [0.717, 1.165) is 30.9 Å². The molecule has 1 unspecified atom stereocenters. The minimum absolute atomic E-state index is 0.00859. The van der Waals surface area contributed by atoms with Crippen molar-refractivity contribution < 1.29 is 4.79 Å². The molecule has 1 atom stereocenters. The summed E-state index contributed by atoms with van der Waals surface area (Å²) >= 11 is 0. The van der Waals surface area contributed by atoms with Crippen LogP contribution < -0.4 is 10.9 Å². The van der Waals surface area contributed by atoms with Gasteiger partial charge in [0.25, 0.3) is 5.56 Å². The molecule has 0 spiro atoms. The van der Waals surface area contributed by atoms with Crippen LogP contribution in [0.5, 0.6) is 0 Å². The Bertz CT molecular complexity index is 817. The van der Waals surface area contributed by atoms with Crippen LogP contribution in [0.2, 0.25) is 0 Å². The lowest BCUT2D eigenvalue weighted by Gasteiger charge is -2.33. The van der Waals surface area contributed by atoms with E-state index < -0.39 is 0 Å². The Hall–Kier alpha value is -2.70. The van der Waals surface area contributed by atoms with Crippen molar-refractivity contribution in [1.29, 1.82) is 0 Å². The highest BCUT2D eigenvalue weighted by molar-refractivity contribution is 5.76. The molecule has 3 heterocycles. The molecule has 7 heteroatoms. The van der Waals surface area contributed by atoms with E-state index in [1.165, 1.54) is 16.3 Å². The van der Waals surface area contributed by atoms with Crippen LogP contribution in [0.1, 0.15) is 30.0 Å². The number of carbonyl (C=O) groups excluding carboxylic acids is 1. The van der Waals surface area contributed by atoms with Crippen molar-refractivity contribution in [3.8, 4) is 0 Å². The SMILES string of the molecule is CNc1cc(C2CCCN(C(=O)Cn3nc(C)ccc3=O)C2)ccn1. The second-order valence-corrected chi connectivity index (χ2v) is 6.37. The van der Waals surface area contributed by atoms with Crippen LogP contribution >= 0.6 is 0 Å². The topological polar surface area (TPSA) is 80.1 Å². The van der Waals surface area contributed by atoms with Crippen LogP contribution in [-0.4, -0.2) is 45.7 Å². The zero-order chi connectivity index (χ0) is 17.8. The fraction of sp³-hybridized carbons (Fsp3) is 0.444. The molecule has 0 saturated carbocycles. The van der Waals surface area contributed by atoms with E-state index in [4.69, 9.17) is 0 Å². The number of aromatic nitrogens is 3. The van der Waals surface area contributed by atoms with Crippen LogP contribution in [0.25, 0.3) is 0 Å². The molecule has 132 valence electrons. The maximum absolute atomic E-state index is 12.6. The predicted molar refractivity (Wildman–Crippen MR) is 95.6 cm³/mol. The number of nitrogens with one attached hydrogen (secondary N) is 1. The zero-order valence-electron chi connectivity index (χ0n) is 14.6. The normalized spacial score (nSPS) is 17.4. The third-order valence-corrected chi connectivity index (χ3v) is 4.57. The van der Waals surface area contributed by atoms with E-state index in [9.17, 15) is 9.59 Å². The second kappa shape index (κ2) is 7.46. The standard InChI is InChI=1S/C18H23N5O2/c1-13-5-6-17(24)23(21-13)12-18(25)22-9-3-4-15(11-22)14-7-8-20-16(10-14)19-2/h5-8,10,15H,3-4,9,11-12H2,1-2H3,(H,19,20). The van der Waals surface area contributed by atoms with Gasteiger partial charge >= 0.3 is 0 Å². The van der Waals surface area contributed by atoms with E-state index in [-0.39, 0.29) is 23.9 Å². The van der Waals surface area contributed by atoms with E-state index in [1.54, 1.807) is 19.2 Å². The van der Waals surface area contributed by atoms with Crippen LogP contribution in [0.3, 0.4) is 0 Å². The number of carbonyl (C=O) groups is 1. The number of nitrogens with zero attached hydrogens (tertiary/aromatic N) is 4. The Morgan fingerprint density at radius 2 is 2.20 bits per heavy atom. The molecule has 7 nitrogen and oxygen atoms in total. The lowest BCUT2D eigenvalue weighted by Crippen LogP contribution is -2.42. The van der Waals surface area contributed by atoms with Gasteiger partial charge in [0.2, 0.25) is 5.91 Å². The first-order valence-corrected chi connectivity index (χ1v) is 8.53.